The second-order valence-electron chi connectivity index (χ2n) is 11.4. The van der Waals surface area contributed by atoms with E-state index < -0.39 is 5.60 Å². The quantitative estimate of drug-likeness (QED) is 0.233. The molecule has 40 heavy (non-hydrogen) atoms. The number of para-hydroxylation sites is 1. The van der Waals surface area contributed by atoms with Gasteiger partial charge in [-0.2, -0.15) is 15.4 Å². The van der Waals surface area contributed by atoms with Crippen LogP contribution in [0.1, 0.15) is 44.7 Å². The first-order valence-corrected chi connectivity index (χ1v) is 14.1. The van der Waals surface area contributed by atoms with Gasteiger partial charge in [0.05, 0.1) is 0 Å². The largest absolute Gasteiger partial charge is 0.380 e. The van der Waals surface area contributed by atoms with Crippen molar-refractivity contribution in [3.63, 3.8) is 0 Å². The van der Waals surface area contributed by atoms with Gasteiger partial charge in [0, 0.05) is 11.5 Å². The summed E-state index contributed by atoms with van der Waals surface area (Å²) in [5.41, 5.74) is 9.28. The maximum atomic E-state index is 12.3. The number of H-pyrrole nitrogens is 1. The molecule has 2 atom stereocenters. The highest BCUT2D eigenvalue weighted by atomic mass is 16.3. The third-order valence-electron chi connectivity index (χ3n) is 8.17. The number of aromatic nitrogens is 3. The topological polar surface area (TPSA) is 61.8 Å². The number of hydrogen-bond acceptors (Lipinski definition) is 3. The molecule has 0 aliphatic heterocycles. The normalized spacial score (nSPS) is 18.7. The fraction of sp³-hybridized carbons (Fsp3) is 0.222. The summed E-state index contributed by atoms with van der Waals surface area (Å²) >= 11 is 0. The molecule has 200 valence electrons. The van der Waals surface area contributed by atoms with Crippen LogP contribution in [0.25, 0.3) is 44.4 Å². The van der Waals surface area contributed by atoms with Gasteiger partial charge < -0.3 is 5.11 Å². The molecular formula is C36H35N3O. The Kier molecular flexibility index (Phi) is 6.73. The van der Waals surface area contributed by atoms with Crippen LogP contribution in [0.5, 0.6) is 0 Å². The Balaban J connectivity index is 1.63. The van der Waals surface area contributed by atoms with Crippen molar-refractivity contribution in [1.29, 1.82) is 0 Å². The van der Waals surface area contributed by atoms with Gasteiger partial charge in [0.15, 0.2) is 0 Å². The van der Waals surface area contributed by atoms with E-state index in [-0.39, 0.29) is 11.8 Å². The summed E-state index contributed by atoms with van der Waals surface area (Å²) in [6.07, 6.45) is 8.10. The summed E-state index contributed by atoms with van der Waals surface area (Å²) in [6, 6.07) is 29.8. The van der Waals surface area contributed by atoms with E-state index in [2.05, 4.69) is 122 Å². The molecule has 0 saturated carbocycles. The van der Waals surface area contributed by atoms with Gasteiger partial charge in [-0.05, 0) is 81.1 Å². The summed E-state index contributed by atoms with van der Waals surface area (Å²) in [4.78, 5) is 0. The molecule has 0 amide bonds. The Hall–Kier alpha value is -4.28. The van der Waals surface area contributed by atoms with Crippen LogP contribution in [-0.2, 0) is 5.60 Å². The first-order valence-electron chi connectivity index (χ1n) is 14.1. The molecule has 1 aliphatic rings. The molecule has 0 saturated heterocycles. The first-order chi connectivity index (χ1) is 19.4. The maximum absolute atomic E-state index is 12.3. The number of allylic oxidation sites excluding steroid dienone is 2. The first kappa shape index (κ1) is 26.0. The van der Waals surface area contributed by atoms with E-state index in [9.17, 15) is 5.11 Å². The molecule has 1 aliphatic carbocycles. The average Bonchev–Trinajstić information content (AvgIpc) is 3.46. The van der Waals surface area contributed by atoms with Crippen molar-refractivity contribution in [2.45, 2.75) is 39.2 Å². The number of nitrogens with one attached hydrogen (secondary N) is 1. The number of benzene rings is 4. The number of nitrogens with zero attached hydrogens (tertiary/aromatic N) is 2. The summed E-state index contributed by atoms with van der Waals surface area (Å²) in [7, 11) is 0. The molecule has 1 heterocycles. The van der Waals surface area contributed by atoms with Crippen LogP contribution in [0, 0.1) is 11.8 Å². The van der Waals surface area contributed by atoms with E-state index in [4.69, 9.17) is 0 Å². The predicted molar refractivity (Wildman–Crippen MR) is 165 cm³/mol. The number of aromatic amines is 1. The summed E-state index contributed by atoms with van der Waals surface area (Å²) < 4.78 is 0. The van der Waals surface area contributed by atoms with Crippen LogP contribution in [-0.4, -0.2) is 20.5 Å². The fourth-order valence-corrected chi connectivity index (χ4v) is 6.15. The fourth-order valence-electron chi connectivity index (χ4n) is 6.15. The van der Waals surface area contributed by atoms with Crippen LogP contribution in [0.2, 0.25) is 0 Å². The Morgan fingerprint density at radius 2 is 1.40 bits per heavy atom. The molecule has 4 nitrogen and oxygen atoms in total. The SMILES string of the molecule is CC(C)c1ccccc1-c1cc(-c2ccccc2-c2cccc3n[nH]nc23)cc(C2(O)C=CC=CC2C(C)C)c1. The van der Waals surface area contributed by atoms with Crippen molar-refractivity contribution in [1.82, 2.24) is 15.4 Å². The van der Waals surface area contributed by atoms with E-state index in [1.54, 1.807) is 0 Å². The lowest BCUT2D eigenvalue weighted by molar-refractivity contribution is 0.0239. The van der Waals surface area contributed by atoms with Gasteiger partial charge in [-0.1, -0.05) is 107 Å². The number of hydrogen-bond donors (Lipinski definition) is 2. The lowest BCUT2D eigenvalue weighted by atomic mass is 9.72. The van der Waals surface area contributed by atoms with Gasteiger partial charge >= 0.3 is 0 Å². The molecule has 0 bridgehead atoms. The van der Waals surface area contributed by atoms with Gasteiger partial charge in [-0.3, -0.25) is 0 Å². The van der Waals surface area contributed by atoms with Crippen molar-refractivity contribution >= 4 is 11.0 Å². The summed E-state index contributed by atoms with van der Waals surface area (Å²) in [5.74, 6) is 0.586. The van der Waals surface area contributed by atoms with Crippen molar-refractivity contribution in [2.24, 2.45) is 11.8 Å². The predicted octanol–water partition coefficient (Wildman–Crippen LogP) is 8.67. The lowest BCUT2D eigenvalue weighted by Crippen LogP contribution is -2.36. The van der Waals surface area contributed by atoms with Crippen molar-refractivity contribution in [2.75, 3.05) is 0 Å². The van der Waals surface area contributed by atoms with E-state index in [1.165, 1.54) is 11.1 Å². The zero-order chi connectivity index (χ0) is 27.9. The zero-order valence-electron chi connectivity index (χ0n) is 23.5. The standard InChI is InChI=1S/C36H35N3O/c1-23(2)28-12-5-6-13-29(28)25-20-26(22-27(21-25)36(40)19-10-9-17-33(36)24(3)4)30-14-7-8-15-31(30)32-16-11-18-34-35(32)38-39-37-34/h5-24,33,40H,1-4H3,(H,37,38,39). The number of fused-ring (bicyclic) bond motifs is 1. The molecule has 1 aromatic heterocycles. The molecule has 4 aromatic carbocycles. The molecule has 0 fully saturated rings. The minimum Gasteiger partial charge on any atom is -0.380 e. The van der Waals surface area contributed by atoms with Gasteiger partial charge in [0.1, 0.15) is 16.6 Å². The van der Waals surface area contributed by atoms with Crippen LogP contribution < -0.4 is 0 Å². The van der Waals surface area contributed by atoms with Crippen molar-refractivity contribution < 1.29 is 5.11 Å². The Morgan fingerprint density at radius 3 is 2.15 bits per heavy atom. The van der Waals surface area contributed by atoms with Crippen molar-refractivity contribution in [3.05, 3.63) is 120 Å². The minimum absolute atomic E-state index is 0.0416. The Bertz CT molecular complexity index is 1740. The number of rotatable bonds is 6. The third-order valence-corrected chi connectivity index (χ3v) is 8.17. The van der Waals surface area contributed by atoms with E-state index in [1.807, 2.05) is 30.4 Å². The molecule has 5 aromatic rings. The number of aliphatic hydroxyl groups is 1. The smallest absolute Gasteiger partial charge is 0.120 e. The highest BCUT2D eigenvalue weighted by molar-refractivity contribution is 5.97. The average molecular weight is 526 g/mol. The molecule has 2 unspecified atom stereocenters. The van der Waals surface area contributed by atoms with Crippen LogP contribution >= 0.6 is 0 Å². The monoisotopic (exact) mass is 525 g/mol. The maximum Gasteiger partial charge on any atom is 0.120 e. The van der Waals surface area contributed by atoms with Crippen LogP contribution in [0.3, 0.4) is 0 Å². The molecule has 0 radical (unpaired) electrons. The highest BCUT2D eigenvalue weighted by Gasteiger charge is 2.38. The molecular weight excluding hydrogens is 490 g/mol. The van der Waals surface area contributed by atoms with E-state index >= 15 is 0 Å². The minimum atomic E-state index is -1.12. The van der Waals surface area contributed by atoms with Crippen LogP contribution in [0.4, 0.5) is 0 Å². The zero-order valence-corrected chi connectivity index (χ0v) is 23.5. The second kappa shape index (κ2) is 10.4. The Morgan fingerprint density at radius 1 is 0.725 bits per heavy atom. The molecule has 4 heteroatoms. The van der Waals surface area contributed by atoms with E-state index in [0.717, 1.165) is 44.4 Å². The lowest BCUT2D eigenvalue weighted by Gasteiger charge is -2.37. The third kappa shape index (κ3) is 4.48. The summed E-state index contributed by atoms with van der Waals surface area (Å²) in [6.45, 7) is 8.81. The van der Waals surface area contributed by atoms with Gasteiger partial charge in [-0.25, -0.2) is 0 Å². The molecule has 2 N–H and O–H groups in total. The van der Waals surface area contributed by atoms with Crippen molar-refractivity contribution in [3.8, 4) is 33.4 Å². The molecule has 6 rings (SSSR count). The van der Waals surface area contributed by atoms with Crippen LogP contribution in [0.15, 0.2) is 109 Å². The highest BCUT2D eigenvalue weighted by Crippen LogP contribution is 2.44. The van der Waals surface area contributed by atoms with Gasteiger partial charge in [0.25, 0.3) is 0 Å². The second-order valence-corrected chi connectivity index (χ2v) is 11.4. The van der Waals surface area contributed by atoms with Gasteiger partial charge in [0.2, 0.25) is 0 Å². The summed E-state index contributed by atoms with van der Waals surface area (Å²) in [5, 5.41) is 23.9. The molecule has 0 spiro atoms. The Labute approximate surface area is 236 Å². The van der Waals surface area contributed by atoms with Gasteiger partial charge in [-0.15, -0.1) is 0 Å². The van der Waals surface area contributed by atoms with E-state index in [0.29, 0.717) is 5.92 Å².